The van der Waals surface area contributed by atoms with Crippen molar-refractivity contribution in [3.8, 4) is 6.07 Å². The minimum atomic E-state index is -0.0774. The zero-order valence-corrected chi connectivity index (χ0v) is 12.3. The minimum absolute atomic E-state index is 0.0774. The summed E-state index contributed by atoms with van der Waals surface area (Å²) < 4.78 is 5.59. The van der Waals surface area contributed by atoms with E-state index in [1.54, 1.807) is 24.3 Å². The standard InChI is InChI=1S/C16H22N2O2/c1-12(2)10-13(3)20-9-8-16(19)18-15-6-4-14(11-17)5-7-15/h4-7,12-13H,8-10H2,1-3H3,(H,18,19). The summed E-state index contributed by atoms with van der Waals surface area (Å²) in [5.74, 6) is 0.518. The second-order valence-electron chi connectivity index (χ2n) is 5.30. The maximum atomic E-state index is 11.7. The summed E-state index contributed by atoms with van der Waals surface area (Å²) >= 11 is 0. The fourth-order valence-corrected chi connectivity index (χ4v) is 1.94. The Kier molecular flexibility index (Phi) is 6.75. The molecule has 0 heterocycles. The molecule has 0 bridgehead atoms. The lowest BCUT2D eigenvalue weighted by Gasteiger charge is -2.14. The number of carbonyl (C=O) groups is 1. The largest absolute Gasteiger partial charge is 0.378 e. The molecule has 1 aromatic carbocycles. The zero-order chi connectivity index (χ0) is 15.0. The molecule has 108 valence electrons. The maximum absolute atomic E-state index is 11.7. The Morgan fingerprint density at radius 2 is 1.95 bits per heavy atom. The van der Waals surface area contributed by atoms with Crippen LogP contribution in [-0.4, -0.2) is 18.6 Å². The second kappa shape index (κ2) is 8.34. The minimum Gasteiger partial charge on any atom is -0.378 e. The van der Waals surface area contributed by atoms with Crippen LogP contribution in [-0.2, 0) is 9.53 Å². The van der Waals surface area contributed by atoms with Gasteiger partial charge in [0.05, 0.1) is 30.8 Å². The molecule has 1 rings (SSSR count). The summed E-state index contributed by atoms with van der Waals surface area (Å²) in [4.78, 5) is 11.7. The van der Waals surface area contributed by atoms with Gasteiger partial charge in [0.25, 0.3) is 0 Å². The van der Waals surface area contributed by atoms with Gasteiger partial charge in [-0.1, -0.05) is 13.8 Å². The first-order valence-corrected chi connectivity index (χ1v) is 6.93. The first-order valence-electron chi connectivity index (χ1n) is 6.93. The predicted octanol–water partition coefficient (Wildman–Crippen LogP) is 3.34. The Balaban J connectivity index is 2.28. The van der Waals surface area contributed by atoms with Crippen LogP contribution in [0.5, 0.6) is 0 Å². The Morgan fingerprint density at radius 3 is 2.50 bits per heavy atom. The van der Waals surface area contributed by atoms with Crippen LogP contribution in [0.3, 0.4) is 0 Å². The van der Waals surface area contributed by atoms with E-state index in [1.807, 2.05) is 13.0 Å². The SMILES string of the molecule is CC(C)CC(C)OCCC(=O)Nc1ccc(C#N)cc1. The molecule has 0 aliphatic rings. The summed E-state index contributed by atoms with van der Waals surface area (Å²) in [6.45, 7) is 6.75. The first-order chi connectivity index (χ1) is 9.51. The third-order valence-electron chi connectivity index (χ3n) is 2.83. The van der Waals surface area contributed by atoms with E-state index in [9.17, 15) is 4.79 Å². The van der Waals surface area contributed by atoms with E-state index in [0.29, 0.717) is 30.2 Å². The van der Waals surface area contributed by atoms with Crippen molar-refractivity contribution in [3.63, 3.8) is 0 Å². The van der Waals surface area contributed by atoms with Crippen LogP contribution in [0.15, 0.2) is 24.3 Å². The average Bonchev–Trinajstić information content (AvgIpc) is 2.38. The van der Waals surface area contributed by atoms with Gasteiger partial charge in [-0.05, 0) is 43.5 Å². The predicted molar refractivity (Wildman–Crippen MR) is 79.3 cm³/mol. The lowest BCUT2D eigenvalue weighted by atomic mass is 10.1. The fraction of sp³-hybridized carbons (Fsp3) is 0.500. The molecule has 0 radical (unpaired) electrons. The van der Waals surface area contributed by atoms with Gasteiger partial charge in [0.1, 0.15) is 0 Å². The molecule has 1 unspecified atom stereocenters. The smallest absolute Gasteiger partial charge is 0.226 e. The molecule has 1 atom stereocenters. The van der Waals surface area contributed by atoms with Crippen LogP contribution in [0.1, 0.15) is 39.2 Å². The molecule has 0 aromatic heterocycles. The Labute approximate surface area is 120 Å². The summed E-state index contributed by atoms with van der Waals surface area (Å²) in [5.41, 5.74) is 1.28. The quantitative estimate of drug-likeness (QED) is 0.829. The van der Waals surface area contributed by atoms with Gasteiger partial charge in [-0.15, -0.1) is 0 Å². The number of amides is 1. The molecule has 4 heteroatoms. The van der Waals surface area contributed by atoms with Crippen LogP contribution < -0.4 is 5.32 Å². The van der Waals surface area contributed by atoms with Gasteiger partial charge in [0.2, 0.25) is 5.91 Å². The number of nitrogens with zero attached hydrogens (tertiary/aromatic N) is 1. The van der Waals surface area contributed by atoms with Crippen molar-refractivity contribution in [3.05, 3.63) is 29.8 Å². The number of rotatable bonds is 7. The van der Waals surface area contributed by atoms with Gasteiger partial charge in [-0.2, -0.15) is 5.26 Å². The van der Waals surface area contributed by atoms with E-state index in [4.69, 9.17) is 10.00 Å². The molecule has 0 aliphatic carbocycles. The van der Waals surface area contributed by atoms with Crippen molar-refractivity contribution in [1.29, 1.82) is 5.26 Å². The number of anilines is 1. The highest BCUT2D eigenvalue weighted by atomic mass is 16.5. The molecule has 0 aliphatic heterocycles. The average molecular weight is 274 g/mol. The van der Waals surface area contributed by atoms with Gasteiger partial charge >= 0.3 is 0 Å². The van der Waals surface area contributed by atoms with E-state index in [-0.39, 0.29) is 12.0 Å². The number of nitrogens with one attached hydrogen (secondary N) is 1. The van der Waals surface area contributed by atoms with Crippen molar-refractivity contribution in [2.45, 2.75) is 39.7 Å². The first kappa shape index (κ1) is 16.2. The normalized spacial score (nSPS) is 11.9. The zero-order valence-electron chi connectivity index (χ0n) is 12.3. The van der Waals surface area contributed by atoms with Crippen LogP contribution in [0.25, 0.3) is 0 Å². The lowest BCUT2D eigenvalue weighted by Crippen LogP contribution is -2.18. The molecule has 20 heavy (non-hydrogen) atoms. The maximum Gasteiger partial charge on any atom is 0.226 e. The number of hydrogen-bond donors (Lipinski definition) is 1. The molecular weight excluding hydrogens is 252 g/mol. The number of benzene rings is 1. The Bertz CT molecular complexity index is 460. The molecule has 1 aromatic rings. The third kappa shape index (κ3) is 6.35. The van der Waals surface area contributed by atoms with Gasteiger partial charge in [-0.3, -0.25) is 4.79 Å². The van der Waals surface area contributed by atoms with E-state index in [0.717, 1.165) is 6.42 Å². The molecule has 0 fully saturated rings. The highest BCUT2D eigenvalue weighted by molar-refractivity contribution is 5.90. The van der Waals surface area contributed by atoms with Crippen LogP contribution >= 0.6 is 0 Å². The number of nitriles is 1. The highest BCUT2D eigenvalue weighted by Gasteiger charge is 2.07. The van der Waals surface area contributed by atoms with Crippen molar-refractivity contribution in [1.82, 2.24) is 0 Å². The number of carbonyl (C=O) groups excluding carboxylic acids is 1. The summed E-state index contributed by atoms with van der Waals surface area (Å²) in [7, 11) is 0. The van der Waals surface area contributed by atoms with Gasteiger partial charge in [0, 0.05) is 5.69 Å². The van der Waals surface area contributed by atoms with Gasteiger partial charge in [0.15, 0.2) is 0 Å². The number of hydrogen-bond acceptors (Lipinski definition) is 3. The molecule has 0 saturated carbocycles. The summed E-state index contributed by atoms with van der Waals surface area (Å²) in [5, 5.41) is 11.5. The summed E-state index contributed by atoms with van der Waals surface area (Å²) in [6, 6.07) is 8.83. The van der Waals surface area contributed by atoms with E-state index < -0.39 is 0 Å². The van der Waals surface area contributed by atoms with Gasteiger partial charge in [-0.25, -0.2) is 0 Å². The van der Waals surface area contributed by atoms with Crippen LogP contribution in [0.2, 0.25) is 0 Å². The van der Waals surface area contributed by atoms with E-state index in [2.05, 4.69) is 19.2 Å². The topological polar surface area (TPSA) is 62.1 Å². The van der Waals surface area contributed by atoms with Crippen molar-refractivity contribution < 1.29 is 9.53 Å². The molecule has 1 amide bonds. The molecule has 0 spiro atoms. The van der Waals surface area contributed by atoms with Crippen molar-refractivity contribution >= 4 is 11.6 Å². The highest BCUT2D eigenvalue weighted by Crippen LogP contribution is 2.10. The Morgan fingerprint density at radius 1 is 1.30 bits per heavy atom. The molecule has 1 N–H and O–H groups in total. The third-order valence-corrected chi connectivity index (χ3v) is 2.83. The second-order valence-corrected chi connectivity index (χ2v) is 5.30. The monoisotopic (exact) mass is 274 g/mol. The fourth-order valence-electron chi connectivity index (χ4n) is 1.94. The van der Waals surface area contributed by atoms with Crippen molar-refractivity contribution in [2.75, 3.05) is 11.9 Å². The van der Waals surface area contributed by atoms with Crippen molar-refractivity contribution in [2.24, 2.45) is 5.92 Å². The molecule has 0 saturated heterocycles. The van der Waals surface area contributed by atoms with E-state index >= 15 is 0 Å². The molecular formula is C16H22N2O2. The number of ether oxygens (including phenoxy) is 1. The van der Waals surface area contributed by atoms with E-state index in [1.165, 1.54) is 0 Å². The Hall–Kier alpha value is -1.86. The summed E-state index contributed by atoms with van der Waals surface area (Å²) in [6.07, 6.45) is 1.51. The van der Waals surface area contributed by atoms with Crippen LogP contribution in [0, 0.1) is 17.2 Å². The van der Waals surface area contributed by atoms with Crippen LogP contribution in [0.4, 0.5) is 5.69 Å². The molecule has 4 nitrogen and oxygen atoms in total. The van der Waals surface area contributed by atoms with Gasteiger partial charge < -0.3 is 10.1 Å². The lowest BCUT2D eigenvalue weighted by molar-refractivity contribution is -0.117.